The zero-order chi connectivity index (χ0) is 13.1. The molecule has 7 heteroatoms. The molecule has 0 heterocycles. The molecule has 0 spiro atoms. The van der Waals surface area contributed by atoms with Gasteiger partial charge in [-0.1, -0.05) is 15.9 Å². The van der Waals surface area contributed by atoms with Crippen molar-refractivity contribution in [3.8, 4) is 0 Å². The van der Waals surface area contributed by atoms with Crippen LogP contribution < -0.4 is 16.8 Å². The molecule has 0 bridgehead atoms. The fraction of sp³-hybridized carbons (Fsp3) is 0.300. The maximum atomic E-state index is 12.9. The van der Waals surface area contributed by atoms with Crippen LogP contribution >= 0.6 is 15.9 Å². The number of benzene rings is 1. The topological polar surface area (TPSA) is 81.1 Å². The van der Waals surface area contributed by atoms with Crippen LogP contribution in [-0.2, 0) is 0 Å². The number of amides is 1. The fourth-order valence-corrected chi connectivity index (χ4v) is 1.53. The van der Waals surface area contributed by atoms with Gasteiger partial charge in [-0.15, -0.1) is 0 Å². The van der Waals surface area contributed by atoms with Crippen LogP contribution in [0.25, 0.3) is 0 Å². The van der Waals surface area contributed by atoms with Gasteiger partial charge in [0, 0.05) is 10.2 Å². The van der Waals surface area contributed by atoms with Crippen molar-refractivity contribution in [3.05, 3.63) is 28.2 Å². The van der Waals surface area contributed by atoms with E-state index < -0.39 is 24.9 Å². The van der Waals surface area contributed by atoms with E-state index in [4.69, 9.17) is 11.5 Å². The van der Waals surface area contributed by atoms with Crippen molar-refractivity contribution in [2.24, 2.45) is 11.5 Å². The molecule has 0 aliphatic rings. The molecule has 0 saturated heterocycles. The molecular formula is C10H12BrF2N3O. The average molecular weight is 308 g/mol. The van der Waals surface area contributed by atoms with Gasteiger partial charge in [0.1, 0.15) is 0 Å². The second-order valence-electron chi connectivity index (χ2n) is 3.47. The molecule has 94 valence electrons. The Hall–Kier alpha value is -1.21. The Balaban J connectivity index is 2.88. The summed E-state index contributed by atoms with van der Waals surface area (Å²) in [4.78, 5) is 11.1. The molecule has 0 aliphatic carbocycles. The van der Waals surface area contributed by atoms with E-state index in [1.165, 1.54) is 12.1 Å². The van der Waals surface area contributed by atoms with Crippen LogP contribution in [0.5, 0.6) is 0 Å². The molecule has 0 fully saturated rings. The summed E-state index contributed by atoms with van der Waals surface area (Å²) >= 11 is 3.17. The highest BCUT2D eigenvalue weighted by molar-refractivity contribution is 9.10. The lowest BCUT2D eigenvalue weighted by Crippen LogP contribution is -2.35. The molecule has 0 atom stereocenters. The summed E-state index contributed by atoms with van der Waals surface area (Å²) in [7, 11) is 0. The third-order valence-corrected chi connectivity index (χ3v) is 2.58. The molecule has 17 heavy (non-hydrogen) atoms. The van der Waals surface area contributed by atoms with Gasteiger partial charge < -0.3 is 16.8 Å². The van der Waals surface area contributed by atoms with Crippen LogP contribution in [0, 0.1) is 0 Å². The van der Waals surface area contributed by atoms with E-state index in [9.17, 15) is 13.6 Å². The SMILES string of the molecule is NCC(F)(F)CNc1ccc(Br)cc1C(N)=O. The van der Waals surface area contributed by atoms with Gasteiger partial charge in [-0.05, 0) is 18.2 Å². The number of carbonyl (C=O) groups is 1. The smallest absolute Gasteiger partial charge is 0.276 e. The molecule has 0 unspecified atom stereocenters. The number of halogens is 3. The minimum absolute atomic E-state index is 0.146. The Morgan fingerprint density at radius 3 is 2.65 bits per heavy atom. The predicted molar refractivity (Wildman–Crippen MR) is 65.2 cm³/mol. The molecule has 0 aromatic heterocycles. The number of nitrogens with one attached hydrogen (secondary N) is 1. The van der Waals surface area contributed by atoms with E-state index in [-0.39, 0.29) is 11.3 Å². The summed E-state index contributed by atoms with van der Waals surface area (Å²) in [6.45, 7) is -1.41. The van der Waals surface area contributed by atoms with Crippen LogP contribution in [0.15, 0.2) is 22.7 Å². The number of primary amides is 1. The first kappa shape index (κ1) is 13.9. The number of nitrogens with two attached hydrogens (primary N) is 2. The lowest BCUT2D eigenvalue weighted by molar-refractivity contribution is 0.0253. The third-order valence-electron chi connectivity index (χ3n) is 2.08. The van der Waals surface area contributed by atoms with Crippen molar-refractivity contribution >= 4 is 27.5 Å². The Morgan fingerprint density at radius 2 is 2.12 bits per heavy atom. The second kappa shape index (κ2) is 5.42. The first-order chi connectivity index (χ1) is 7.85. The summed E-state index contributed by atoms with van der Waals surface area (Å²) in [6, 6.07) is 4.58. The maximum Gasteiger partial charge on any atom is 0.276 e. The monoisotopic (exact) mass is 307 g/mol. The largest absolute Gasteiger partial charge is 0.378 e. The number of anilines is 1. The number of alkyl halides is 2. The van der Waals surface area contributed by atoms with E-state index in [2.05, 4.69) is 21.2 Å². The molecule has 1 aromatic carbocycles. The summed E-state index contributed by atoms with van der Waals surface area (Å²) in [6.07, 6.45) is 0. The van der Waals surface area contributed by atoms with E-state index in [0.717, 1.165) is 0 Å². The van der Waals surface area contributed by atoms with Crippen molar-refractivity contribution < 1.29 is 13.6 Å². The Bertz CT molecular complexity index is 426. The molecule has 0 aliphatic heterocycles. The molecule has 5 N–H and O–H groups in total. The summed E-state index contributed by atoms with van der Waals surface area (Å²) in [5, 5.41) is 2.46. The van der Waals surface area contributed by atoms with Crippen LogP contribution in [0.2, 0.25) is 0 Å². The minimum Gasteiger partial charge on any atom is -0.378 e. The van der Waals surface area contributed by atoms with Crippen LogP contribution in [0.3, 0.4) is 0 Å². The van der Waals surface area contributed by atoms with Crippen molar-refractivity contribution in [1.29, 1.82) is 0 Å². The number of hydrogen-bond acceptors (Lipinski definition) is 3. The normalized spacial score (nSPS) is 11.3. The predicted octanol–water partition coefficient (Wildman–Crippen LogP) is 1.55. The highest BCUT2D eigenvalue weighted by atomic mass is 79.9. The molecule has 1 amide bonds. The standard InChI is InChI=1S/C10H12BrF2N3O/c11-6-1-2-8(7(3-6)9(15)17)16-5-10(12,13)4-14/h1-3,16H,4-5,14H2,(H2,15,17). The number of rotatable bonds is 5. The molecular weight excluding hydrogens is 296 g/mol. The van der Waals surface area contributed by atoms with Gasteiger partial charge in [-0.2, -0.15) is 0 Å². The van der Waals surface area contributed by atoms with E-state index in [0.29, 0.717) is 4.47 Å². The quantitative estimate of drug-likeness (QED) is 0.772. The Kier molecular flexibility index (Phi) is 4.41. The van der Waals surface area contributed by atoms with Crippen molar-refractivity contribution in [2.45, 2.75) is 5.92 Å². The van der Waals surface area contributed by atoms with Gasteiger partial charge >= 0.3 is 0 Å². The Morgan fingerprint density at radius 1 is 1.47 bits per heavy atom. The molecule has 0 saturated carbocycles. The lowest BCUT2D eigenvalue weighted by Gasteiger charge is -2.16. The minimum atomic E-state index is -3.03. The molecule has 0 radical (unpaired) electrons. The van der Waals surface area contributed by atoms with Gasteiger partial charge in [-0.25, -0.2) is 8.78 Å². The lowest BCUT2D eigenvalue weighted by atomic mass is 10.1. The summed E-state index contributed by atoms with van der Waals surface area (Å²) in [5.41, 5.74) is 10.5. The summed E-state index contributed by atoms with van der Waals surface area (Å²) < 4.78 is 26.5. The number of carbonyl (C=O) groups excluding carboxylic acids is 1. The third kappa shape index (κ3) is 3.94. The number of hydrogen-bond donors (Lipinski definition) is 3. The fourth-order valence-electron chi connectivity index (χ4n) is 1.17. The van der Waals surface area contributed by atoms with Crippen LogP contribution in [0.4, 0.5) is 14.5 Å². The van der Waals surface area contributed by atoms with Crippen molar-refractivity contribution in [2.75, 3.05) is 18.4 Å². The molecule has 1 rings (SSSR count). The maximum absolute atomic E-state index is 12.9. The van der Waals surface area contributed by atoms with Gasteiger partial charge in [-0.3, -0.25) is 4.79 Å². The van der Waals surface area contributed by atoms with E-state index in [1.807, 2.05) is 0 Å². The first-order valence-corrected chi connectivity index (χ1v) is 5.56. The van der Waals surface area contributed by atoms with Gasteiger partial charge in [0.2, 0.25) is 0 Å². The highest BCUT2D eigenvalue weighted by Gasteiger charge is 2.26. The summed E-state index contributed by atoms with van der Waals surface area (Å²) in [5.74, 6) is -3.72. The van der Waals surface area contributed by atoms with Crippen LogP contribution in [0.1, 0.15) is 10.4 Å². The van der Waals surface area contributed by atoms with E-state index in [1.54, 1.807) is 6.07 Å². The average Bonchev–Trinajstić information content (AvgIpc) is 2.27. The zero-order valence-corrected chi connectivity index (χ0v) is 10.4. The van der Waals surface area contributed by atoms with Crippen molar-refractivity contribution in [1.82, 2.24) is 0 Å². The van der Waals surface area contributed by atoms with Gasteiger partial charge in [0.25, 0.3) is 11.8 Å². The highest BCUT2D eigenvalue weighted by Crippen LogP contribution is 2.22. The molecule has 4 nitrogen and oxygen atoms in total. The van der Waals surface area contributed by atoms with E-state index >= 15 is 0 Å². The second-order valence-corrected chi connectivity index (χ2v) is 4.38. The zero-order valence-electron chi connectivity index (χ0n) is 8.84. The molecule has 1 aromatic rings. The van der Waals surface area contributed by atoms with Crippen molar-refractivity contribution in [3.63, 3.8) is 0 Å². The van der Waals surface area contributed by atoms with Gasteiger partial charge in [0.15, 0.2) is 0 Å². The van der Waals surface area contributed by atoms with Crippen LogP contribution in [-0.4, -0.2) is 24.9 Å². The first-order valence-electron chi connectivity index (χ1n) is 4.77. The van der Waals surface area contributed by atoms with Gasteiger partial charge in [0.05, 0.1) is 18.7 Å². The Labute approximate surface area is 105 Å².